The largest absolute Gasteiger partial charge is 0.484 e. The fourth-order valence-electron chi connectivity index (χ4n) is 3.61. The lowest BCUT2D eigenvalue weighted by molar-refractivity contribution is -0.161. The minimum Gasteiger partial charge on any atom is -0.484 e. The fourth-order valence-corrected chi connectivity index (χ4v) is 4.12. The van der Waals surface area contributed by atoms with Crippen LogP contribution in [0.5, 0.6) is 5.75 Å². The average molecular weight is 636 g/mol. The van der Waals surface area contributed by atoms with E-state index in [0.29, 0.717) is 0 Å². The molecule has 2 aromatic carbocycles. The molecule has 0 aromatic heterocycles. The second-order valence-corrected chi connectivity index (χ2v) is 11.1. The summed E-state index contributed by atoms with van der Waals surface area (Å²) in [6, 6.07) is 3.56. The molecular weight excluding hydrogens is 605 g/mol. The van der Waals surface area contributed by atoms with Crippen LogP contribution in [0.4, 0.5) is 17.6 Å². The number of benzene rings is 2. The zero-order chi connectivity index (χ0) is 31.8. The first kappa shape index (κ1) is 34.8. The van der Waals surface area contributed by atoms with Crippen LogP contribution in [-0.2, 0) is 25.6 Å². The van der Waals surface area contributed by atoms with Crippen molar-refractivity contribution in [3.05, 3.63) is 63.6 Å². The maximum Gasteiger partial charge on any atom is 0.383 e. The molecule has 0 saturated carbocycles. The second-order valence-electron chi connectivity index (χ2n) is 10.2. The van der Waals surface area contributed by atoms with E-state index in [-0.39, 0.29) is 33.8 Å². The Bertz CT molecular complexity index is 1290. The van der Waals surface area contributed by atoms with Crippen molar-refractivity contribution in [3.63, 3.8) is 0 Å². The van der Waals surface area contributed by atoms with Crippen molar-refractivity contribution in [2.45, 2.75) is 52.1 Å². The Morgan fingerprint density at radius 1 is 0.905 bits per heavy atom. The van der Waals surface area contributed by atoms with Crippen molar-refractivity contribution in [2.24, 2.45) is 11.8 Å². The number of ether oxygens (including phenoxy) is 1. The zero-order valence-electron chi connectivity index (χ0n) is 23.2. The smallest absolute Gasteiger partial charge is 0.383 e. The number of carbonyl (C=O) groups is 4. The highest BCUT2D eigenvalue weighted by atomic mass is 35.5. The zero-order valence-corrected chi connectivity index (χ0v) is 24.7. The number of hydrogen-bond acceptors (Lipinski definition) is 5. The van der Waals surface area contributed by atoms with Crippen LogP contribution < -0.4 is 20.7 Å². The number of alkyl halides is 2. The Morgan fingerprint density at radius 3 is 2.07 bits per heavy atom. The molecule has 0 heterocycles. The number of ketones is 1. The Hall–Kier alpha value is -3.38. The Labute approximate surface area is 250 Å². The summed E-state index contributed by atoms with van der Waals surface area (Å²) < 4.78 is 62.2. The molecule has 14 heteroatoms. The van der Waals surface area contributed by atoms with Crippen LogP contribution in [0, 0.1) is 23.5 Å². The van der Waals surface area contributed by atoms with Crippen molar-refractivity contribution in [1.29, 1.82) is 0 Å². The summed E-state index contributed by atoms with van der Waals surface area (Å²) in [5.41, 5.74) is 0.0720. The van der Waals surface area contributed by atoms with Gasteiger partial charge in [-0.15, -0.1) is 0 Å². The van der Waals surface area contributed by atoms with Gasteiger partial charge in [0.05, 0.1) is 6.04 Å². The van der Waals surface area contributed by atoms with Crippen molar-refractivity contribution >= 4 is 46.7 Å². The molecule has 42 heavy (non-hydrogen) atoms. The lowest BCUT2D eigenvalue weighted by atomic mass is 9.94. The number of Topliss-reactive ketones (excluding diaryl/α,β-unsaturated/α-hetero) is 1. The Balaban J connectivity index is 2.26. The van der Waals surface area contributed by atoms with E-state index >= 15 is 0 Å². The van der Waals surface area contributed by atoms with Gasteiger partial charge in [0.25, 0.3) is 11.8 Å². The molecule has 2 aromatic rings. The standard InChI is InChI=1S/C28H31Cl2F4N3O5/c1-14(2)12-35-27(41)28(33,34)25(39)24(15(3)4)37-26(40)22(8-16-5-6-20(31)21(32)7-16)36-23(38)13-42-19-10-17(29)9-18(30)11-19/h5-7,9-11,14-15,22,24H,8,12-13H2,1-4H3,(H,35,41)(H,36,38)(H,37,40)/t22?,24-/m0/s1. The third kappa shape index (κ3) is 10.2. The summed E-state index contributed by atoms with van der Waals surface area (Å²) in [6.07, 6.45) is -0.415. The minimum atomic E-state index is -4.47. The van der Waals surface area contributed by atoms with Gasteiger partial charge in [-0.1, -0.05) is 57.0 Å². The summed E-state index contributed by atoms with van der Waals surface area (Å²) in [7, 11) is 0. The number of hydrogen-bond donors (Lipinski definition) is 3. The van der Waals surface area contributed by atoms with Gasteiger partial charge in [0.1, 0.15) is 11.8 Å². The van der Waals surface area contributed by atoms with Gasteiger partial charge in [-0.25, -0.2) is 8.78 Å². The molecule has 3 amide bonds. The van der Waals surface area contributed by atoms with Gasteiger partial charge >= 0.3 is 5.92 Å². The molecule has 0 bridgehead atoms. The van der Waals surface area contributed by atoms with E-state index in [0.717, 1.165) is 18.2 Å². The summed E-state index contributed by atoms with van der Waals surface area (Å²) in [5.74, 6) is -13.4. The molecule has 0 radical (unpaired) electrons. The summed E-state index contributed by atoms with van der Waals surface area (Å²) in [5, 5.41) is 6.97. The molecule has 3 N–H and O–H groups in total. The lowest BCUT2D eigenvalue weighted by Gasteiger charge is -2.27. The Morgan fingerprint density at radius 2 is 1.52 bits per heavy atom. The molecule has 0 aliphatic rings. The highest BCUT2D eigenvalue weighted by Crippen LogP contribution is 2.24. The average Bonchev–Trinajstić information content (AvgIpc) is 2.89. The fraction of sp³-hybridized carbons (Fsp3) is 0.429. The lowest BCUT2D eigenvalue weighted by Crippen LogP contribution is -2.59. The molecule has 0 aliphatic heterocycles. The third-order valence-corrected chi connectivity index (χ3v) is 6.23. The predicted octanol–water partition coefficient (Wildman–Crippen LogP) is 4.50. The van der Waals surface area contributed by atoms with E-state index in [1.165, 1.54) is 32.0 Å². The van der Waals surface area contributed by atoms with Crippen LogP contribution in [0.25, 0.3) is 0 Å². The van der Waals surface area contributed by atoms with E-state index in [1.807, 2.05) is 5.32 Å². The first-order chi connectivity index (χ1) is 19.5. The molecule has 0 spiro atoms. The number of nitrogens with one attached hydrogen (secondary N) is 3. The van der Waals surface area contributed by atoms with Crippen molar-refractivity contribution in [1.82, 2.24) is 16.0 Å². The van der Waals surface area contributed by atoms with Crippen LogP contribution in [0.1, 0.15) is 33.3 Å². The number of carbonyl (C=O) groups excluding carboxylic acids is 4. The SMILES string of the molecule is CC(C)CNC(=O)C(F)(F)C(=O)[C@@H](NC(=O)C(Cc1ccc(F)c(F)c1)NC(=O)COc1cc(Cl)cc(Cl)c1)C(C)C. The number of amides is 3. The molecule has 230 valence electrons. The summed E-state index contributed by atoms with van der Waals surface area (Å²) in [6.45, 7) is 5.35. The molecular formula is C28H31Cl2F4N3O5. The van der Waals surface area contributed by atoms with Crippen LogP contribution in [0.2, 0.25) is 10.0 Å². The number of rotatable bonds is 14. The summed E-state index contributed by atoms with van der Waals surface area (Å²) >= 11 is 11.8. The van der Waals surface area contributed by atoms with Gasteiger partial charge in [0, 0.05) is 23.0 Å². The Kier molecular flexibility index (Phi) is 12.6. The molecule has 2 rings (SSSR count). The van der Waals surface area contributed by atoms with Crippen LogP contribution in [0.3, 0.4) is 0 Å². The van der Waals surface area contributed by atoms with Gasteiger partial charge in [0.2, 0.25) is 11.7 Å². The quantitative estimate of drug-likeness (QED) is 0.209. The van der Waals surface area contributed by atoms with Gasteiger partial charge in [-0.3, -0.25) is 19.2 Å². The molecule has 0 saturated heterocycles. The monoisotopic (exact) mass is 635 g/mol. The molecule has 1 unspecified atom stereocenters. The second kappa shape index (κ2) is 15.2. The first-order valence-corrected chi connectivity index (χ1v) is 13.6. The van der Waals surface area contributed by atoms with Crippen molar-refractivity contribution < 1.29 is 41.5 Å². The third-order valence-electron chi connectivity index (χ3n) is 5.79. The normalized spacial score (nSPS) is 13.0. The van der Waals surface area contributed by atoms with E-state index in [4.69, 9.17) is 27.9 Å². The van der Waals surface area contributed by atoms with Crippen molar-refractivity contribution in [3.8, 4) is 5.75 Å². The van der Waals surface area contributed by atoms with Crippen LogP contribution >= 0.6 is 23.2 Å². The van der Waals surface area contributed by atoms with Gasteiger partial charge < -0.3 is 20.7 Å². The van der Waals surface area contributed by atoms with Crippen LogP contribution in [-0.4, -0.2) is 54.7 Å². The maximum absolute atomic E-state index is 14.8. The van der Waals surface area contributed by atoms with Crippen molar-refractivity contribution in [2.75, 3.05) is 13.2 Å². The van der Waals surface area contributed by atoms with E-state index < -0.39 is 72.1 Å². The number of halogens is 6. The molecule has 2 atom stereocenters. The van der Waals surface area contributed by atoms with E-state index in [2.05, 4.69) is 10.6 Å². The maximum atomic E-state index is 14.8. The molecule has 0 aliphatic carbocycles. The predicted molar refractivity (Wildman–Crippen MR) is 149 cm³/mol. The van der Waals surface area contributed by atoms with Crippen LogP contribution in [0.15, 0.2) is 36.4 Å². The molecule has 8 nitrogen and oxygen atoms in total. The topological polar surface area (TPSA) is 114 Å². The molecule has 0 fully saturated rings. The van der Waals surface area contributed by atoms with Gasteiger partial charge in [-0.2, -0.15) is 8.78 Å². The van der Waals surface area contributed by atoms with Gasteiger partial charge in [0.15, 0.2) is 18.2 Å². The summed E-state index contributed by atoms with van der Waals surface area (Å²) in [4.78, 5) is 50.8. The van der Waals surface area contributed by atoms with E-state index in [9.17, 15) is 36.7 Å². The van der Waals surface area contributed by atoms with Gasteiger partial charge in [-0.05, 0) is 47.7 Å². The minimum absolute atomic E-state index is 0.0720. The first-order valence-electron chi connectivity index (χ1n) is 12.8. The van der Waals surface area contributed by atoms with E-state index in [1.54, 1.807) is 13.8 Å². The highest BCUT2D eigenvalue weighted by Gasteiger charge is 2.51. The highest BCUT2D eigenvalue weighted by molar-refractivity contribution is 6.34.